The number of aromatic nitrogens is 2. The third-order valence-electron chi connectivity index (χ3n) is 3.58. The number of hydrogen-bond acceptors (Lipinski definition) is 6. The van der Waals surface area contributed by atoms with Crippen molar-refractivity contribution in [2.45, 2.75) is 20.5 Å². The minimum atomic E-state index is -0.463. The van der Waals surface area contributed by atoms with Gasteiger partial charge in [0.15, 0.2) is 6.61 Å². The number of nitro groups is 1. The van der Waals surface area contributed by atoms with Crippen molar-refractivity contribution in [3.8, 4) is 17.1 Å². The van der Waals surface area contributed by atoms with Crippen LogP contribution in [0.15, 0.2) is 40.9 Å². The average Bonchev–Trinajstić information content (AvgIpc) is 3.07. The lowest BCUT2D eigenvalue weighted by molar-refractivity contribution is -0.384. The second-order valence-electron chi connectivity index (χ2n) is 5.48. The zero-order valence-corrected chi connectivity index (χ0v) is 14.3. The number of nitrogens with zero attached hydrogens (tertiary/aromatic N) is 3. The van der Waals surface area contributed by atoms with Crippen LogP contribution < -0.4 is 4.74 Å². The van der Waals surface area contributed by atoms with E-state index in [-0.39, 0.29) is 12.3 Å². The van der Waals surface area contributed by atoms with E-state index in [4.69, 9.17) is 20.9 Å². The van der Waals surface area contributed by atoms with Gasteiger partial charge >= 0.3 is 0 Å². The Morgan fingerprint density at radius 3 is 2.44 bits per heavy atom. The summed E-state index contributed by atoms with van der Waals surface area (Å²) in [5.41, 5.74) is 2.48. The Labute approximate surface area is 148 Å². The molecule has 0 unspecified atom stereocenters. The second kappa shape index (κ2) is 6.90. The van der Waals surface area contributed by atoms with Crippen molar-refractivity contribution in [2.24, 2.45) is 0 Å². The largest absolute Gasteiger partial charge is 0.484 e. The SMILES string of the molecule is Cc1cc(OCc2nc(-c3ccc([N+](=O)[O-])cc3)no2)cc(C)c1Cl. The van der Waals surface area contributed by atoms with Gasteiger partial charge in [0, 0.05) is 22.7 Å². The number of hydrogen-bond donors (Lipinski definition) is 0. The van der Waals surface area contributed by atoms with Gasteiger partial charge in [-0.25, -0.2) is 0 Å². The van der Waals surface area contributed by atoms with E-state index in [9.17, 15) is 10.1 Å². The summed E-state index contributed by atoms with van der Waals surface area (Å²) >= 11 is 6.13. The molecule has 7 nitrogen and oxygen atoms in total. The van der Waals surface area contributed by atoms with Crippen LogP contribution in [0.5, 0.6) is 5.75 Å². The van der Waals surface area contributed by atoms with Crippen LogP contribution >= 0.6 is 11.6 Å². The summed E-state index contributed by atoms with van der Waals surface area (Å²) in [6.45, 7) is 3.92. The quantitative estimate of drug-likeness (QED) is 0.492. The van der Waals surface area contributed by atoms with Crippen molar-refractivity contribution in [1.29, 1.82) is 0 Å². The topological polar surface area (TPSA) is 91.3 Å². The Balaban J connectivity index is 1.70. The first-order chi connectivity index (χ1) is 11.9. The van der Waals surface area contributed by atoms with Gasteiger partial charge in [0.05, 0.1) is 4.92 Å². The predicted molar refractivity (Wildman–Crippen MR) is 91.6 cm³/mol. The van der Waals surface area contributed by atoms with Crippen molar-refractivity contribution in [3.63, 3.8) is 0 Å². The molecule has 3 aromatic rings. The van der Waals surface area contributed by atoms with E-state index in [1.54, 1.807) is 12.1 Å². The van der Waals surface area contributed by atoms with Gasteiger partial charge in [-0.1, -0.05) is 16.8 Å². The summed E-state index contributed by atoms with van der Waals surface area (Å²) in [4.78, 5) is 14.4. The average molecular weight is 360 g/mol. The van der Waals surface area contributed by atoms with Gasteiger partial charge in [0.25, 0.3) is 11.6 Å². The van der Waals surface area contributed by atoms with Crippen LogP contribution in [0, 0.1) is 24.0 Å². The molecule has 0 saturated carbocycles. The Morgan fingerprint density at radius 2 is 1.84 bits per heavy atom. The highest BCUT2D eigenvalue weighted by molar-refractivity contribution is 6.32. The molecule has 0 amide bonds. The molecule has 0 aliphatic rings. The van der Waals surface area contributed by atoms with E-state index in [0.717, 1.165) is 11.1 Å². The zero-order chi connectivity index (χ0) is 18.0. The first-order valence-electron chi connectivity index (χ1n) is 7.41. The van der Waals surface area contributed by atoms with Gasteiger partial charge in [0.1, 0.15) is 5.75 Å². The highest BCUT2D eigenvalue weighted by Crippen LogP contribution is 2.26. The van der Waals surface area contributed by atoms with E-state index in [1.165, 1.54) is 12.1 Å². The highest BCUT2D eigenvalue weighted by Gasteiger charge is 2.12. The summed E-state index contributed by atoms with van der Waals surface area (Å²) in [7, 11) is 0. The molecule has 0 fully saturated rings. The van der Waals surface area contributed by atoms with Crippen molar-refractivity contribution in [3.05, 3.63) is 68.6 Å². The maximum absolute atomic E-state index is 10.7. The molecule has 3 rings (SSSR count). The highest BCUT2D eigenvalue weighted by atomic mass is 35.5. The first-order valence-corrected chi connectivity index (χ1v) is 7.79. The second-order valence-corrected chi connectivity index (χ2v) is 5.85. The first kappa shape index (κ1) is 16.9. The molecule has 1 aromatic heterocycles. The molecular formula is C17H14ClN3O4. The molecule has 2 aromatic carbocycles. The number of benzene rings is 2. The number of ether oxygens (including phenoxy) is 1. The molecule has 1 heterocycles. The van der Waals surface area contributed by atoms with Gasteiger partial charge < -0.3 is 9.26 Å². The van der Waals surface area contributed by atoms with E-state index >= 15 is 0 Å². The van der Waals surface area contributed by atoms with Gasteiger partial charge in [-0.15, -0.1) is 0 Å². The fourth-order valence-electron chi connectivity index (χ4n) is 2.30. The van der Waals surface area contributed by atoms with Crippen LogP contribution in [-0.4, -0.2) is 15.1 Å². The molecule has 0 bridgehead atoms. The van der Waals surface area contributed by atoms with Crippen molar-refractivity contribution < 1.29 is 14.2 Å². The molecule has 0 spiro atoms. The van der Waals surface area contributed by atoms with Crippen LogP contribution in [0.1, 0.15) is 17.0 Å². The van der Waals surface area contributed by atoms with Crippen molar-refractivity contribution in [1.82, 2.24) is 10.1 Å². The minimum absolute atomic E-state index is 0.00396. The van der Waals surface area contributed by atoms with Gasteiger partial charge in [-0.05, 0) is 49.2 Å². The third kappa shape index (κ3) is 3.77. The van der Waals surface area contributed by atoms with E-state index in [1.807, 2.05) is 26.0 Å². The molecule has 0 aliphatic heterocycles. The normalized spacial score (nSPS) is 10.7. The molecule has 128 valence electrons. The smallest absolute Gasteiger partial charge is 0.269 e. The Morgan fingerprint density at radius 1 is 1.20 bits per heavy atom. The van der Waals surface area contributed by atoms with E-state index < -0.39 is 4.92 Å². The van der Waals surface area contributed by atoms with Crippen molar-refractivity contribution in [2.75, 3.05) is 0 Å². The maximum Gasteiger partial charge on any atom is 0.269 e. The summed E-state index contributed by atoms with van der Waals surface area (Å²) in [6, 6.07) is 9.59. The molecule has 0 saturated heterocycles. The predicted octanol–water partition coefficient (Wildman–Crippen LogP) is 4.49. The minimum Gasteiger partial charge on any atom is -0.484 e. The lowest BCUT2D eigenvalue weighted by Crippen LogP contribution is -1.97. The number of halogens is 1. The van der Waals surface area contributed by atoms with Gasteiger partial charge in [0.2, 0.25) is 5.82 Å². The third-order valence-corrected chi connectivity index (χ3v) is 4.17. The maximum atomic E-state index is 10.7. The fraction of sp³-hybridized carbons (Fsp3) is 0.176. The Bertz CT molecular complexity index is 899. The van der Waals surface area contributed by atoms with Gasteiger partial charge in [-0.3, -0.25) is 10.1 Å². The molecule has 0 N–H and O–H groups in total. The molecule has 8 heteroatoms. The molecule has 25 heavy (non-hydrogen) atoms. The van der Waals surface area contributed by atoms with Crippen LogP contribution in [0.4, 0.5) is 5.69 Å². The summed E-state index contributed by atoms with van der Waals surface area (Å²) in [6.07, 6.45) is 0. The zero-order valence-electron chi connectivity index (χ0n) is 13.5. The van der Waals surface area contributed by atoms with E-state index in [0.29, 0.717) is 28.1 Å². The Hall–Kier alpha value is -2.93. The number of nitro benzene ring substituents is 1. The standard InChI is InChI=1S/C17H14ClN3O4/c1-10-7-14(8-11(2)16(10)18)24-9-15-19-17(20-25-15)12-3-5-13(6-4-12)21(22)23/h3-8H,9H2,1-2H3. The van der Waals surface area contributed by atoms with Gasteiger partial charge in [-0.2, -0.15) is 4.98 Å². The number of rotatable bonds is 5. The molecule has 0 atom stereocenters. The monoisotopic (exact) mass is 359 g/mol. The van der Waals surface area contributed by atoms with Crippen LogP contribution in [0.3, 0.4) is 0 Å². The van der Waals surface area contributed by atoms with Crippen LogP contribution in [0.25, 0.3) is 11.4 Å². The van der Waals surface area contributed by atoms with E-state index in [2.05, 4.69) is 10.1 Å². The summed E-state index contributed by atoms with van der Waals surface area (Å²) in [5, 5.41) is 15.3. The van der Waals surface area contributed by atoms with Crippen LogP contribution in [0.2, 0.25) is 5.02 Å². The molecule has 0 aliphatic carbocycles. The fourth-order valence-corrected chi connectivity index (χ4v) is 2.41. The lowest BCUT2D eigenvalue weighted by atomic mass is 10.1. The summed E-state index contributed by atoms with van der Waals surface area (Å²) in [5.74, 6) is 1.31. The molecule has 0 radical (unpaired) electrons. The Kier molecular flexibility index (Phi) is 4.67. The number of non-ortho nitro benzene ring substituents is 1. The summed E-state index contributed by atoms with van der Waals surface area (Å²) < 4.78 is 10.8. The molecular weight excluding hydrogens is 346 g/mol. The van der Waals surface area contributed by atoms with Crippen molar-refractivity contribution >= 4 is 17.3 Å². The number of aryl methyl sites for hydroxylation is 2. The van der Waals surface area contributed by atoms with Crippen LogP contribution in [-0.2, 0) is 6.61 Å². The lowest BCUT2D eigenvalue weighted by Gasteiger charge is -2.08.